The maximum Gasteiger partial charge on any atom is 0.191 e. The van der Waals surface area contributed by atoms with E-state index in [-0.39, 0.29) is 24.0 Å². The second-order valence-electron chi connectivity index (χ2n) is 5.99. The lowest BCUT2D eigenvalue weighted by Gasteiger charge is -2.11. The lowest BCUT2D eigenvalue weighted by atomic mass is 10.1. The van der Waals surface area contributed by atoms with Crippen molar-refractivity contribution in [1.82, 2.24) is 10.6 Å². The molecule has 0 spiro atoms. The van der Waals surface area contributed by atoms with Crippen molar-refractivity contribution >= 4 is 40.9 Å². The van der Waals surface area contributed by atoms with Crippen LogP contribution in [0.4, 0.5) is 0 Å². The first-order valence-corrected chi connectivity index (χ1v) is 8.78. The van der Waals surface area contributed by atoms with Gasteiger partial charge in [0, 0.05) is 37.6 Å². The maximum atomic E-state index is 5.94. The highest BCUT2D eigenvalue weighted by Crippen LogP contribution is 2.25. The van der Waals surface area contributed by atoms with Gasteiger partial charge in [0.15, 0.2) is 5.96 Å². The first kappa shape index (κ1) is 21.3. The third-order valence-corrected chi connectivity index (χ3v) is 4.17. The van der Waals surface area contributed by atoms with Crippen molar-refractivity contribution in [3.8, 4) is 0 Å². The Morgan fingerprint density at radius 1 is 1.11 bits per heavy atom. The molecule has 0 bridgehead atoms. The van der Waals surface area contributed by atoms with Gasteiger partial charge >= 0.3 is 0 Å². The molecule has 0 saturated carbocycles. The Hall–Kier alpha value is -2.00. The third kappa shape index (κ3) is 6.00. The summed E-state index contributed by atoms with van der Waals surface area (Å²) >= 11 is 0. The molecular weight excluding hydrogens is 457 g/mol. The fourth-order valence-electron chi connectivity index (χ4n) is 2.73. The normalized spacial score (nSPS) is 11.4. The molecule has 6 nitrogen and oxygen atoms in total. The zero-order valence-electron chi connectivity index (χ0n) is 15.7. The van der Waals surface area contributed by atoms with Crippen molar-refractivity contribution < 1.29 is 13.6 Å². The molecule has 0 atom stereocenters. The van der Waals surface area contributed by atoms with E-state index in [1.807, 2.05) is 30.3 Å². The Morgan fingerprint density at radius 3 is 2.67 bits per heavy atom. The number of guanidine groups is 1. The minimum Gasteiger partial charge on any atom is -0.469 e. The van der Waals surface area contributed by atoms with E-state index >= 15 is 0 Å². The van der Waals surface area contributed by atoms with Gasteiger partial charge in [-0.1, -0.05) is 18.2 Å². The molecule has 27 heavy (non-hydrogen) atoms. The summed E-state index contributed by atoms with van der Waals surface area (Å²) in [6.45, 7) is 4.57. The molecule has 2 heterocycles. The van der Waals surface area contributed by atoms with Crippen LogP contribution in [0.1, 0.15) is 17.1 Å². The van der Waals surface area contributed by atoms with Gasteiger partial charge in [-0.15, -0.1) is 24.0 Å². The number of nitrogens with zero attached hydrogens (tertiary/aromatic N) is 1. The number of furan rings is 2. The highest BCUT2D eigenvalue weighted by atomic mass is 127. The van der Waals surface area contributed by atoms with Crippen molar-refractivity contribution in [2.75, 3.05) is 26.8 Å². The zero-order chi connectivity index (χ0) is 18.2. The molecule has 7 heteroatoms. The van der Waals surface area contributed by atoms with E-state index in [0.29, 0.717) is 19.7 Å². The van der Waals surface area contributed by atoms with Crippen LogP contribution >= 0.6 is 24.0 Å². The first-order chi connectivity index (χ1) is 12.8. The second-order valence-corrected chi connectivity index (χ2v) is 5.99. The Morgan fingerprint density at radius 2 is 1.93 bits per heavy atom. The van der Waals surface area contributed by atoms with Crippen molar-refractivity contribution in [3.05, 3.63) is 59.7 Å². The number of ether oxygens (including phenoxy) is 1. The number of aryl methyl sites for hydroxylation is 1. The summed E-state index contributed by atoms with van der Waals surface area (Å²) in [4.78, 5) is 4.66. The van der Waals surface area contributed by atoms with Crippen LogP contribution in [0.25, 0.3) is 11.0 Å². The number of hydrogen-bond acceptors (Lipinski definition) is 4. The molecule has 0 saturated heterocycles. The minimum absolute atomic E-state index is 0. The van der Waals surface area contributed by atoms with Gasteiger partial charge in [-0.2, -0.15) is 0 Å². The standard InChI is InChI=1S/C20H25N3O3.HI/c1-15-17-7-3-4-8-18(17)26-19(15)14-23-20(22-11-13-24-2)21-10-9-16-6-5-12-25-16;/h3-8,12H,9-11,13-14H2,1-2H3,(H2,21,22,23);1H. The Labute approximate surface area is 176 Å². The Kier molecular flexibility index (Phi) is 8.66. The number of benzene rings is 1. The van der Waals surface area contributed by atoms with E-state index in [0.717, 1.165) is 47.0 Å². The SMILES string of the molecule is COCCNC(=NCc1oc2ccccc2c1C)NCCc1ccco1.I. The lowest BCUT2D eigenvalue weighted by molar-refractivity contribution is 0.203. The number of rotatable bonds is 8. The number of aliphatic imine (C=N–C) groups is 1. The Balaban J connectivity index is 0.00000261. The molecule has 2 aromatic heterocycles. The van der Waals surface area contributed by atoms with Crippen LogP contribution in [0.15, 0.2) is 56.5 Å². The fraction of sp³-hybridized carbons (Fsp3) is 0.350. The molecule has 146 valence electrons. The summed E-state index contributed by atoms with van der Waals surface area (Å²) in [5.74, 6) is 2.56. The van der Waals surface area contributed by atoms with Gasteiger partial charge in [0.25, 0.3) is 0 Å². The number of para-hydroxylation sites is 1. The highest BCUT2D eigenvalue weighted by molar-refractivity contribution is 14.0. The van der Waals surface area contributed by atoms with Gasteiger partial charge in [0.1, 0.15) is 23.6 Å². The van der Waals surface area contributed by atoms with E-state index in [4.69, 9.17) is 13.6 Å². The number of methoxy groups -OCH3 is 1. The number of halogens is 1. The summed E-state index contributed by atoms with van der Waals surface area (Å²) in [6, 6.07) is 11.9. The molecule has 0 aliphatic carbocycles. The number of nitrogens with one attached hydrogen (secondary N) is 2. The second kappa shape index (κ2) is 11.0. The molecule has 1 aromatic carbocycles. The van der Waals surface area contributed by atoms with Crippen LogP contribution in [0, 0.1) is 6.92 Å². The molecule has 3 aromatic rings. The molecule has 0 aliphatic heterocycles. The fourth-order valence-corrected chi connectivity index (χ4v) is 2.73. The third-order valence-electron chi connectivity index (χ3n) is 4.17. The maximum absolute atomic E-state index is 5.94. The number of fused-ring (bicyclic) bond motifs is 1. The lowest BCUT2D eigenvalue weighted by Crippen LogP contribution is -2.40. The summed E-state index contributed by atoms with van der Waals surface area (Å²) in [6.07, 6.45) is 2.48. The predicted molar refractivity (Wildman–Crippen MR) is 118 cm³/mol. The monoisotopic (exact) mass is 483 g/mol. The molecule has 3 rings (SSSR count). The molecule has 0 fully saturated rings. The number of hydrogen-bond donors (Lipinski definition) is 2. The van der Waals surface area contributed by atoms with Crippen molar-refractivity contribution in [3.63, 3.8) is 0 Å². The quantitative estimate of drug-likeness (QED) is 0.220. The van der Waals surface area contributed by atoms with Crippen LogP contribution < -0.4 is 10.6 Å². The molecule has 0 amide bonds. The van der Waals surface area contributed by atoms with Gasteiger partial charge in [-0.25, -0.2) is 4.99 Å². The summed E-state index contributed by atoms with van der Waals surface area (Å²) in [7, 11) is 1.68. The van der Waals surface area contributed by atoms with E-state index in [1.165, 1.54) is 0 Å². The van der Waals surface area contributed by atoms with Gasteiger partial charge in [-0.05, 0) is 25.1 Å². The van der Waals surface area contributed by atoms with E-state index in [1.54, 1.807) is 13.4 Å². The first-order valence-electron chi connectivity index (χ1n) is 8.78. The van der Waals surface area contributed by atoms with Crippen LogP contribution in [-0.4, -0.2) is 32.8 Å². The van der Waals surface area contributed by atoms with E-state index in [2.05, 4.69) is 28.6 Å². The minimum atomic E-state index is 0. The molecular formula is C20H26IN3O3. The van der Waals surface area contributed by atoms with Gasteiger partial charge in [0.05, 0.1) is 12.9 Å². The van der Waals surface area contributed by atoms with Crippen LogP contribution in [0.3, 0.4) is 0 Å². The van der Waals surface area contributed by atoms with Crippen LogP contribution in [0.2, 0.25) is 0 Å². The largest absolute Gasteiger partial charge is 0.469 e. The smallest absolute Gasteiger partial charge is 0.191 e. The van der Waals surface area contributed by atoms with Crippen LogP contribution in [0.5, 0.6) is 0 Å². The van der Waals surface area contributed by atoms with Crippen LogP contribution in [-0.2, 0) is 17.7 Å². The topological polar surface area (TPSA) is 71.9 Å². The van der Waals surface area contributed by atoms with Crippen molar-refractivity contribution in [2.45, 2.75) is 19.9 Å². The summed E-state index contributed by atoms with van der Waals surface area (Å²) < 4.78 is 16.4. The predicted octanol–water partition coefficient (Wildman–Crippen LogP) is 3.88. The van der Waals surface area contributed by atoms with Gasteiger partial charge in [0.2, 0.25) is 0 Å². The average Bonchev–Trinajstić information content (AvgIpc) is 3.28. The molecule has 0 aliphatic rings. The van der Waals surface area contributed by atoms with Crippen molar-refractivity contribution in [1.29, 1.82) is 0 Å². The van der Waals surface area contributed by atoms with E-state index < -0.39 is 0 Å². The Bertz CT molecular complexity index is 843. The molecule has 2 N–H and O–H groups in total. The van der Waals surface area contributed by atoms with Crippen molar-refractivity contribution in [2.24, 2.45) is 4.99 Å². The van der Waals surface area contributed by atoms with E-state index in [9.17, 15) is 0 Å². The summed E-state index contributed by atoms with van der Waals surface area (Å²) in [5.41, 5.74) is 2.03. The average molecular weight is 483 g/mol. The van der Waals surface area contributed by atoms with Gasteiger partial charge in [-0.3, -0.25) is 0 Å². The summed E-state index contributed by atoms with van der Waals surface area (Å²) in [5, 5.41) is 7.72. The molecule has 0 unspecified atom stereocenters. The zero-order valence-corrected chi connectivity index (χ0v) is 18.0. The highest BCUT2D eigenvalue weighted by Gasteiger charge is 2.09. The molecule has 0 radical (unpaired) electrons. The van der Waals surface area contributed by atoms with Gasteiger partial charge < -0.3 is 24.2 Å².